The number of methoxy groups -OCH3 is 1. The Hall–Kier alpha value is -1.17. The van der Waals surface area contributed by atoms with Crippen LogP contribution in [0.4, 0.5) is 0 Å². The minimum absolute atomic E-state index is 0.138. The third-order valence-electron chi connectivity index (χ3n) is 7.52. The van der Waals surface area contributed by atoms with Crippen LogP contribution in [0.5, 0.6) is 0 Å². The molecular weight excluding hydrogens is 380 g/mol. The second kappa shape index (κ2) is 9.97. The Morgan fingerprint density at radius 1 is 1.27 bits per heavy atom. The second-order valence-corrected chi connectivity index (χ2v) is 10.3. The van der Waals surface area contributed by atoms with Crippen molar-refractivity contribution >= 4 is 5.97 Å². The fourth-order valence-electron chi connectivity index (χ4n) is 4.90. The molecule has 5 nitrogen and oxygen atoms in total. The average Bonchev–Trinajstić information content (AvgIpc) is 2.70. The summed E-state index contributed by atoms with van der Waals surface area (Å²) in [6.45, 7) is 16.6. The van der Waals surface area contributed by atoms with Crippen LogP contribution in [0.3, 0.4) is 0 Å². The Kier molecular flexibility index (Phi) is 8.34. The van der Waals surface area contributed by atoms with Gasteiger partial charge in [0.15, 0.2) is 0 Å². The standard InChI is InChI=1S/C25H42O5/c1-18(12-17-25(27)19(2)11-9-14-23(25,4)5)10-8-15-24(6)16-13-21(29-30-24)20(3)22(26)28-7/h20-21,27H,1-2,8-17H2,3-7H3/t20-,21+,24-,25?/m0/s1. The number of aliphatic hydroxyl groups is 1. The molecule has 172 valence electrons. The smallest absolute Gasteiger partial charge is 0.311 e. The van der Waals surface area contributed by atoms with E-state index in [4.69, 9.17) is 14.5 Å². The van der Waals surface area contributed by atoms with E-state index in [1.54, 1.807) is 0 Å². The largest absolute Gasteiger partial charge is 0.469 e. The van der Waals surface area contributed by atoms with Crippen molar-refractivity contribution in [3.05, 3.63) is 24.3 Å². The zero-order valence-corrected chi connectivity index (χ0v) is 19.7. The van der Waals surface area contributed by atoms with Gasteiger partial charge in [-0.15, -0.1) is 0 Å². The maximum Gasteiger partial charge on any atom is 0.311 e. The third-order valence-corrected chi connectivity index (χ3v) is 7.52. The van der Waals surface area contributed by atoms with Gasteiger partial charge >= 0.3 is 5.97 Å². The molecule has 1 aliphatic heterocycles. The summed E-state index contributed by atoms with van der Waals surface area (Å²) < 4.78 is 4.79. The van der Waals surface area contributed by atoms with Gasteiger partial charge in [-0.1, -0.05) is 32.6 Å². The van der Waals surface area contributed by atoms with E-state index >= 15 is 0 Å². The molecule has 0 radical (unpaired) electrons. The number of ether oxygens (including phenoxy) is 1. The first kappa shape index (κ1) is 25.1. The van der Waals surface area contributed by atoms with Crippen molar-refractivity contribution in [1.29, 1.82) is 0 Å². The summed E-state index contributed by atoms with van der Waals surface area (Å²) in [5.74, 6) is -0.599. The van der Waals surface area contributed by atoms with E-state index in [1.807, 2.05) is 6.92 Å². The van der Waals surface area contributed by atoms with Gasteiger partial charge in [0, 0.05) is 0 Å². The van der Waals surface area contributed by atoms with Crippen LogP contribution < -0.4 is 0 Å². The average molecular weight is 423 g/mol. The zero-order chi connectivity index (χ0) is 22.6. The number of esters is 1. The number of hydrogen-bond donors (Lipinski definition) is 1. The fourth-order valence-corrected chi connectivity index (χ4v) is 4.90. The molecule has 4 atom stereocenters. The minimum atomic E-state index is -0.800. The monoisotopic (exact) mass is 422 g/mol. The first-order valence-electron chi connectivity index (χ1n) is 11.4. The molecular formula is C25H42O5. The first-order valence-corrected chi connectivity index (χ1v) is 11.4. The van der Waals surface area contributed by atoms with Gasteiger partial charge in [0.2, 0.25) is 0 Å². The molecule has 1 saturated carbocycles. The normalized spacial score (nSPS) is 32.5. The van der Waals surface area contributed by atoms with Crippen LogP contribution in [0, 0.1) is 11.3 Å². The first-order chi connectivity index (χ1) is 13.9. The van der Waals surface area contributed by atoms with Gasteiger partial charge in [-0.2, -0.15) is 0 Å². The maximum absolute atomic E-state index is 11.7. The molecule has 1 N–H and O–H groups in total. The highest BCUT2D eigenvalue weighted by Gasteiger charge is 2.47. The van der Waals surface area contributed by atoms with E-state index in [-0.39, 0.29) is 29.0 Å². The summed E-state index contributed by atoms with van der Waals surface area (Å²) in [5, 5.41) is 11.3. The number of rotatable bonds is 9. The molecule has 0 aromatic rings. The van der Waals surface area contributed by atoms with Crippen molar-refractivity contribution in [3.8, 4) is 0 Å². The van der Waals surface area contributed by atoms with Crippen molar-refractivity contribution in [1.82, 2.24) is 0 Å². The highest BCUT2D eigenvalue weighted by atomic mass is 17.2. The summed E-state index contributed by atoms with van der Waals surface area (Å²) in [7, 11) is 1.39. The Labute approximate surface area is 182 Å². The Morgan fingerprint density at radius 3 is 2.53 bits per heavy atom. The van der Waals surface area contributed by atoms with Crippen molar-refractivity contribution in [3.63, 3.8) is 0 Å². The third kappa shape index (κ3) is 5.74. The van der Waals surface area contributed by atoms with Gasteiger partial charge in [0.25, 0.3) is 0 Å². The van der Waals surface area contributed by atoms with E-state index < -0.39 is 5.60 Å². The lowest BCUT2D eigenvalue weighted by Gasteiger charge is -2.48. The lowest BCUT2D eigenvalue weighted by atomic mass is 9.61. The molecule has 2 aliphatic rings. The molecule has 1 unspecified atom stereocenters. The van der Waals surface area contributed by atoms with Crippen molar-refractivity contribution in [2.24, 2.45) is 11.3 Å². The van der Waals surface area contributed by atoms with E-state index in [0.717, 1.165) is 68.9 Å². The van der Waals surface area contributed by atoms with Crippen LogP contribution in [0.2, 0.25) is 0 Å². The van der Waals surface area contributed by atoms with Gasteiger partial charge in [-0.05, 0) is 89.0 Å². The highest BCUT2D eigenvalue weighted by molar-refractivity contribution is 5.72. The number of hydrogen-bond acceptors (Lipinski definition) is 5. The van der Waals surface area contributed by atoms with Crippen molar-refractivity contribution in [2.75, 3.05) is 7.11 Å². The molecule has 0 aromatic heterocycles. The molecule has 30 heavy (non-hydrogen) atoms. The van der Waals surface area contributed by atoms with Gasteiger partial charge in [0.1, 0.15) is 11.7 Å². The lowest BCUT2D eigenvalue weighted by molar-refractivity contribution is -0.411. The zero-order valence-electron chi connectivity index (χ0n) is 19.7. The molecule has 1 saturated heterocycles. The second-order valence-electron chi connectivity index (χ2n) is 10.3. The summed E-state index contributed by atoms with van der Waals surface area (Å²) in [6, 6.07) is 0. The quantitative estimate of drug-likeness (QED) is 0.295. The summed E-state index contributed by atoms with van der Waals surface area (Å²) in [5.41, 5.74) is 0.857. The molecule has 1 aliphatic carbocycles. The SMILES string of the molecule is C=C(CCC[C@@]1(C)CC[C@H]([C@H](C)C(=O)OC)OO1)CCC1(O)C(=C)CCCC1(C)C. The van der Waals surface area contributed by atoms with E-state index in [1.165, 1.54) is 7.11 Å². The lowest BCUT2D eigenvalue weighted by Crippen LogP contribution is -2.48. The van der Waals surface area contributed by atoms with E-state index in [2.05, 4.69) is 33.9 Å². The Morgan fingerprint density at radius 2 is 1.97 bits per heavy atom. The van der Waals surface area contributed by atoms with E-state index in [0.29, 0.717) is 6.42 Å². The van der Waals surface area contributed by atoms with Gasteiger partial charge in [0.05, 0.1) is 18.6 Å². The van der Waals surface area contributed by atoms with Crippen molar-refractivity contribution in [2.45, 2.75) is 109 Å². The Bertz CT molecular complexity index is 629. The van der Waals surface area contributed by atoms with Crippen LogP contribution >= 0.6 is 0 Å². The molecule has 0 spiro atoms. The van der Waals surface area contributed by atoms with Crippen LogP contribution in [0.15, 0.2) is 24.3 Å². The summed E-state index contributed by atoms with van der Waals surface area (Å²) in [4.78, 5) is 22.9. The number of allylic oxidation sites excluding steroid dienone is 1. The molecule has 5 heteroatoms. The molecule has 0 amide bonds. The van der Waals surface area contributed by atoms with E-state index in [9.17, 15) is 9.90 Å². The highest BCUT2D eigenvalue weighted by Crippen LogP contribution is 2.49. The molecule has 1 heterocycles. The molecule has 0 aromatic carbocycles. The van der Waals surface area contributed by atoms with Crippen molar-refractivity contribution < 1.29 is 24.4 Å². The fraction of sp³-hybridized carbons (Fsp3) is 0.800. The molecule has 0 bridgehead atoms. The summed E-state index contributed by atoms with van der Waals surface area (Å²) >= 11 is 0. The predicted molar refractivity (Wildman–Crippen MR) is 119 cm³/mol. The van der Waals surface area contributed by atoms with Gasteiger partial charge < -0.3 is 9.84 Å². The number of carbonyl (C=O) groups excluding carboxylic acids is 1. The molecule has 2 fully saturated rings. The van der Waals surface area contributed by atoms with Crippen LogP contribution in [-0.4, -0.2) is 35.5 Å². The summed E-state index contributed by atoms with van der Waals surface area (Å²) in [6.07, 6.45) is 8.65. The Balaban J connectivity index is 1.74. The van der Waals surface area contributed by atoms with Gasteiger partial charge in [-0.25, -0.2) is 9.78 Å². The predicted octanol–water partition coefficient (Wildman–Crippen LogP) is 5.67. The number of carbonyl (C=O) groups is 1. The van der Waals surface area contributed by atoms with Gasteiger partial charge in [-0.3, -0.25) is 4.79 Å². The minimum Gasteiger partial charge on any atom is -0.469 e. The van der Waals surface area contributed by atoms with Crippen LogP contribution in [0.1, 0.15) is 91.9 Å². The molecule has 2 rings (SSSR count). The maximum atomic E-state index is 11.7. The topological polar surface area (TPSA) is 65.0 Å². The van der Waals surface area contributed by atoms with Crippen LogP contribution in [-0.2, 0) is 19.3 Å². The van der Waals surface area contributed by atoms with Crippen LogP contribution in [0.25, 0.3) is 0 Å².